The monoisotopic (exact) mass is 225 g/mol. The molecule has 0 fully saturated rings. The number of aromatic nitrogens is 1. The molecule has 15 heavy (non-hydrogen) atoms. The van der Waals surface area contributed by atoms with Crippen LogP contribution in [0.15, 0.2) is 18.2 Å². The van der Waals surface area contributed by atoms with Gasteiger partial charge >= 0.3 is 0 Å². The van der Waals surface area contributed by atoms with E-state index in [0.717, 1.165) is 22.2 Å². The molecule has 0 atom stereocenters. The zero-order valence-corrected chi connectivity index (χ0v) is 8.98. The summed E-state index contributed by atoms with van der Waals surface area (Å²) in [4.78, 5) is 4.26. The normalized spacial score (nSPS) is 10.8. The summed E-state index contributed by atoms with van der Waals surface area (Å²) in [6.07, 6.45) is 1.35. The number of hydrogen-bond acceptors (Lipinski definition) is 4. The van der Waals surface area contributed by atoms with E-state index in [2.05, 4.69) is 10.4 Å². The van der Waals surface area contributed by atoms with Gasteiger partial charge < -0.3 is 0 Å². The third-order valence-electron chi connectivity index (χ3n) is 2.18. The summed E-state index contributed by atoms with van der Waals surface area (Å²) >= 11 is 1.50. The van der Waals surface area contributed by atoms with Crippen LogP contribution in [0.3, 0.4) is 0 Å². The number of halogens is 1. The van der Waals surface area contributed by atoms with Gasteiger partial charge in [-0.05, 0) is 30.5 Å². The molecule has 2 rings (SSSR count). The van der Waals surface area contributed by atoms with E-state index in [-0.39, 0.29) is 6.67 Å². The summed E-state index contributed by atoms with van der Waals surface area (Å²) in [5.74, 6) is 5.28. The summed E-state index contributed by atoms with van der Waals surface area (Å²) in [6, 6.07) is 5.97. The van der Waals surface area contributed by atoms with E-state index in [1.165, 1.54) is 11.3 Å². The van der Waals surface area contributed by atoms with E-state index in [1.54, 1.807) is 0 Å². The lowest BCUT2D eigenvalue weighted by atomic mass is 10.1. The highest BCUT2D eigenvalue weighted by Crippen LogP contribution is 2.26. The molecule has 0 aliphatic rings. The number of fused-ring (bicyclic) bond motifs is 1. The van der Waals surface area contributed by atoms with Gasteiger partial charge in [-0.1, -0.05) is 17.4 Å². The fourth-order valence-electron chi connectivity index (χ4n) is 1.46. The van der Waals surface area contributed by atoms with Crippen LogP contribution in [0, 0.1) is 0 Å². The van der Waals surface area contributed by atoms with E-state index < -0.39 is 0 Å². The molecule has 0 aliphatic heterocycles. The minimum absolute atomic E-state index is 0.268. The molecule has 0 saturated heterocycles. The van der Waals surface area contributed by atoms with Gasteiger partial charge in [0.2, 0.25) is 0 Å². The van der Waals surface area contributed by atoms with Crippen molar-refractivity contribution in [3.63, 3.8) is 0 Å². The maximum absolute atomic E-state index is 12.0. The van der Waals surface area contributed by atoms with Gasteiger partial charge in [-0.15, -0.1) is 0 Å². The number of nitrogens with two attached hydrogens (primary N) is 1. The van der Waals surface area contributed by atoms with E-state index in [1.807, 2.05) is 18.2 Å². The van der Waals surface area contributed by atoms with Crippen molar-refractivity contribution < 1.29 is 4.39 Å². The first-order valence-corrected chi connectivity index (χ1v) is 5.57. The van der Waals surface area contributed by atoms with Crippen LogP contribution in [-0.4, -0.2) is 11.7 Å². The highest BCUT2D eigenvalue weighted by molar-refractivity contribution is 7.22. The number of rotatable bonds is 4. The molecule has 1 aromatic carbocycles. The van der Waals surface area contributed by atoms with Gasteiger partial charge in [0.25, 0.3) is 0 Å². The Kier molecular flexibility index (Phi) is 3.13. The quantitative estimate of drug-likeness (QED) is 0.621. The van der Waals surface area contributed by atoms with Crippen LogP contribution in [0.4, 0.5) is 9.52 Å². The lowest BCUT2D eigenvalue weighted by molar-refractivity contribution is 0.473. The number of nitrogens with zero attached hydrogens (tertiary/aromatic N) is 1. The van der Waals surface area contributed by atoms with Crippen LogP contribution in [-0.2, 0) is 6.42 Å². The van der Waals surface area contributed by atoms with Gasteiger partial charge in [0, 0.05) is 0 Å². The van der Waals surface area contributed by atoms with E-state index in [0.29, 0.717) is 11.6 Å². The van der Waals surface area contributed by atoms with Crippen molar-refractivity contribution in [3.8, 4) is 0 Å². The molecule has 0 radical (unpaired) electrons. The zero-order valence-electron chi connectivity index (χ0n) is 8.16. The second-order valence-electron chi connectivity index (χ2n) is 3.26. The minimum atomic E-state index is -0.268. The first kappa shape index (κ1) is 10.3. The third kappa shape index (κ3) is 2.24. The molecule has 80 valence electrons. The third-order valence-corrected chi connectivity index (χ3v) is 3.12. The second-order valence-corrected chi connectivity index (χ2v) is 4.29. The molecule has 1 heterocycles. The lowest BCUT2D eigenvalue weighted by Crippen LogP contribution is -2.05. The standard InChI is InChI=1S/C10H12FN3S/c11-5-1-2-7-3-4-8-9(6-7)15-10(13-8)14-12/h3-4,6H,1-2,5,12H2,(H,13,14). The zero-order chi connectivity index (χ0) is 10.7. The fourth-order valence-corrected chi connectivity index (χ4v) is 2.30. The number of alkyl halides is 1. The predicted molar refractivity (Wildman–Crippen MR) is 61.7 cm³/mol. The SMILES string of the molecule is NNc1nc2ccc(CCCF)cc2s1. The molecule has 0 saturated carbocycles. The van der Waals surface area contributed by atoms with Crippen molar-refractivity contribution >= 4 is 26.7 Å². The Bertz CT molecular complexity index is 455. The van der Waals surface area contributed by atoms with Crippen molar-refractivity contribution in [1.82, 2.24) is 4.98 Å². The number of nitrogens with one attached hydrogen (secondary N) is 1. The van der Waals surface area contributed by atoms with E-state index in [4.69, 9.17) is 5.84 Å². The fraction of sp³-hybridized carbons (Fsp3) is 0.300. The molecular formula is C10H12FN3S. The Morgan fingerprint density at radius 1 is 1.47 bits per heavy atom. The van der Waals surface area contributed by atoms with Crippen molar-refractivity contribution in [1.29, 1.82) is 0 Å². The largest absolute Gasteiger partial charge is 0.300 e. The molecule has 0 aliphatic carbocycles. The van der Waals surface area contributed by atoms with Crippen LogP contribution >= 0.6 is 11.3 Å². The number of thiazole rings is 1. The average Bonchev–Trinajstić information content (AvgIpc) is 2.68. The second kappa shape index (κ2) is 4.55. The Balaban J connectivity index is 2.29. The molecule has 0 amide bonds. The number of anilines is 1. The van der Waals surface area contributed by atoms with Crippen LogP contribution in [0.25, 0.3) is 10.2 Å². The average molecular weight is 225 g/mol. The van der Waals surface area contributed by atoms with Gasteiger partial charge in [-0.25, -0.2) is 10.8 Å². The van der Waals surface area contributed by atoms with E-state index in [9.17, 15) is 4.39 Å². The summed E-state index contributed by atoms with van der Waals surface area (Å²) in [6.45, 7) is -0.268. The summed E-state index contributed by atoms with van der Waals surface area (Å²) in [5.41, 5.74) is 4.60. The topological polar surface area (TPSA) is 50.9 Å². The van der Waals surface area contributed by atoms with Gasteiger partial charge in [-0.2, -0.15) is 0 Å². The van der Waals surface area contributed by atoms with Gasteiger partial charge in [0.05, 0.1) is 16.9 Å². The molecule has 2 aromatic rings. The summed E-state index contributed by atoms with van der Waals surface area (Å²) < 4.78 is 13.1. The maximum Gasteiger partial charge on any atom is 0.198 e. The molecular weight excluding hydrogens is 213 g/mol. The number of benzene rings is 1. The van der Waals surface area contributed by atoms with E-state index >= 15 is 0 Å². The molecule has 3 N–H and O–H groups in total. The van der Waals surface area contributed by atoms with Gasteiger partial charge in [0.15, 0.2) is 5.13 Å². The Labute approximate surface area is 91.1 Å². The highest BCUT2D eigenvalue weighted by atomic mass is 32.1. The van der Waals surface area contributed by atoms with Crippen LogP contribution in [0.2, 0.25) is 0 Å². The number of hydrogen-bond donors (Lipinski definition) is 2. The van der Waals surface area contributed by atoms with Gasteiger partial charge in [0.1, 0.15) is 0 Å². The minimum Gasteiger partial charge on any atom is -0.300 e. The van der Waals surface area contributed by atoms with Gasteiger partial charge in [-0.3, -0.25) is 9.82 Å². The van der Waals surface area contributed by atoms with Crippen molar-refractivity contribution in [2.45, 2.75) is 12.8 Å². The van der Waals surface area contributed by atoms with Crippen molar-refractivity contribution in [3.05, 3.63) is 23.8 Å². The van der Waals surface area contributed by atoms with Crippen molar-refractivity contribution in [2.75, 3.05) is 12.1 Å². The van der Waals surface area contributed by atoms with Crippen molar-refractivity contribution in [2.24, 2.45) is 5.84 Å². The molecule has 3 nitrogen and oxygen atoms in total. The number of hydrazine groups is 1. The van der Waals surface area contributed by atoms with Crippen LogP contribution in [0.1, 0.15) is 12.0 Å². The first-order valence-electron chi connectivity index (χ1n) is 4.75. The Morgan fingerprint density at radius 3 is 3.07 bits per heavy atom. The maximum atomic E-state index is 12.0. The Hall–Kier alpha value is -1.20. The summed E-state index contributed by atoms with van der Waals surface area (Å²) in [5, 5.41) is 0.702. The molecule has 0 unspecified atom stereocenters. The molecule has 0 spiro atoms. The first-order chi connectivity index (χ1) is 7.33. The number of aryl methyl sites for hydroxylation is 1. The van der Waals surface area contributed by atoms with Crippen LogP contribution < -0.4 is 11.3 Å². The summed E-state index contributed by atoms with van der Waals surface area (Å²) in [7, 11) is 0. The molecule has 0 bridgehead atoms. The number of nitrogen functional groups attached to an aromatic ring is 1. The highest BCUT2D eigenvalue weighted by Gasteiger charge is 2.03. The van der Waals surface area contributed by atoms with Crippen LogP contribution in [0.5, 0.6) is 0 Å². The molecule has 1 aromatic heterocycles. The lowest BCUT2D eigenvalue weighted by Gasteiger charge is -1.97. The Morgan fingerprint density at radius 2 is 2.33 bits per heavy atom. The smallest absolute Gasteiger partial charge is 0.198 e. The molecule has 5 heteroatoms. The predicted octanol–water partition coefficient (Wildman–Crippen LogP) is 2.48.